The van der Waals surface area contributed by atoms with Crippen LogP contribution < -0.4 is 14.8 Å². The molecule has 122 valence electrons. The molecule has 1 aromatic carbocycles. The van der Waals surface area contributed by atoms with Crippen LogP contribution in [0, 0.1) is 10.1 Å². The molecule has 9 nitrogen and oxygen atoms in total. The number of nitro benzene ring substituents is 1. The van der Waals surface area contributed by atoms with E-state index in [2.05, 4.69) is 15.5 Å². The molecule has 0 radical (unpaired) electrons. The van der Waals surface area contributed by atoms with Crippen molar-refractivity contribution in [1.29, 1.82) is 0 Å². The molecule has 1 aliphatic rings. The third-order valence-corrected chi connectivity index (χ3v) is 3.55. The van der Waals surface area contributed by atoms with Gasteiger partial charge in [0.15, 0.2) is 17.3 Å². The molecular formula is C14H16N4O5. The summed E-state index contributed by atoms with van der Waals surface area (Å²) in [4.78, 5) is 15.0. The largest absolute Gasteiger partial charge is 0.493 e. The topological polar surface area (TPSA) is 113 Å². The summed E-state index contributed by atoms with van der Waals surface area (Å²) in [5.74, 6) is 2.16. The van der Waals surface area contributed by atoms with Gasteiger partial charge in [0.25, 0.3) is 5.69 Å². The summed E-state index contributed by atoms with van der Waals surface area (Å²) >= 11 is 0. The number of anilines is 1. The Morgan fingerprint density at radius 3 is 2.65 bits per heavy atom. The fourth-order valence-electron chi connectivity index (χ4n) is 2.18. The van der Waals surface area contributed by atoms with Gasteiger partial charge in [0.05, 0.1) is 31.8 Å². The first kappa shape index (κ1) is 15.1. The lowest BCUT2D eigenvalue weighted by Gasteiger charge is -2.11. The SMILES string of the molecule is COc1cc(NCc2nc(C3CC3)no2)c([N+](=O)[O-])cc1OC. The zero-order valence-electron chi connectivity index (χ0n) is 12.7. The van der Waals surface area contributed by atoms with Gasteiger partial charge < -0.3 is 19.3 Å². The van der Waals surface area contributed by atoms with Crippen molar-refractivity contribution in [2.24, 2.45) is 0 Å². The number of benzene rings is 1. The number of aromatic nitrogens is 2. The maximum absolute atomic E-state index is 11.2. The molecule has 3 rings (SSSR count). The van der Waals surface area contributed by atoms with Crippen LogP contribution in [0.4, 0.5) is 11.4 Å². The quantitative estimate of drug-likeness (QED) is 0.611. The molecule has 1 saturated carbocycles. The Labute approximate surface area is 131 Å². The lowest BCUT2D eigenvalue weighted by atomic mass is 10.2. The van der Waals surface area contributed by atoms with E-state index < -0.39 is 4.92 Å². The Morgan fingerprint density at radius 1 is 1.35 bits per heavy atom. The molecule has 1 heterocycles. The molecule has 1 aliphatic carbocycles. The molecule has 0 saturated heterocycles. The Kier molecular flexibility index (Phi) is 4.00. The molecular weight excluding hydrogens is 304 g/mol. The third kappa shape index (κ3) is 3.17. The van der Waals surface area contributed by atoms with Crippen LogP contribution in [0.5, 0.6) is 11.5 Å². The molecule has 9 heteroatoms. The van der Waals surface area contributed by atoms with Crippen molar-refractivity contribution in [1.82, 2.24) is 10.1 Å². The molecule has 2 aromatic rings. The first-order chi connectivity index (χ1) is 11.1. The molecule has 23 heavy (non-hydrogen) atoms. The summed E-state index contributed by atoms with van der Waals surface area (Å²) in [7, 11) is 2.89. The van der Waals surface area contributed by atoms with Gasteiger partial charge in [-0.3, -0.25) is 10.1 Å². The normalized spacial score (nSPS) is 13.7. The van der Waals surface area contributed by atoms with Gasteiger partial charge in [-0.2, -0.15) is 4.98 Å². The average Bonchev–Trinajstić information content (AvgIpc) is 3.30. The van der Waals surface area contributed by atoms with Crippen LogP contribution in [0.1, 0.15) is 30.5 Å². The smallest absolute Gasteiger partial charge is 0.296 e. The highest BCUT2D eigenvalue weighted by Gasteiger charge is 2.28. The average molecular weight is 320 g/mol. The van der Waals surface area contributed by atoms with Gasteiger partial charge in [0, 0.05) is 12.0 Å². The summed E-state index contributed by atoms with van der Waals surface area (Å²) in [6.07, 6.45) is 2.15. The summed E-state index contributed by atoms with van der Waals surface area (Å²) in [5.41, 5.74) is 0.170. The Balaban J connectivity index is 1.80. The predicted molar refractivity (Wildman–Crippen MR) is 79.8 cm³/mol. The predicted octanol–water partition coefficient (Wildman–Crippen LogP) is 2.48. The van der Waals surface area contributed by atoms with Crippen LogP contribution in [-0.4, -0.2) is 29.3 Å². The number of hydrogen-bond donors (Lipinski definition) is 1. The lowest BCUT2D eigenvalue weighted by molar-refractivity contribution is -0.384. The first-order valence-corrected chi connectivity index (χ1v) is 7.09. The van der Waals surface area contributed by atoms with Crippen molar-refractivity contribution < 1.29 is 18.9 Å². The molecule has 1 N–H and O–H groups in total. The molecule has 0 aliphatic heterocycles. The Hall–Kier alpha value is -2.84. The van der Waals surface area contributed by atoms with Gasteiger partial charge in [-0.1, -0.05) is 5.16 Å². The van der Waals surface area contributed by atoms with Gasteiger partial charge in [-0.05, 0) is 12.8 Å². The highest BCUT2D eigenvalue weighted by atomic mass is 16.6. The van der Waals surface area contributed by atoms with Crippen LogP contribution in [0.3, 0.4) is 0 Å². The van der Waals surface area contributed by atoms with Gasteiger partial charge >= 0.3 is 0 Å². The number of rotatable bonds is 7. The fourth-order valence-corrected chi connectivity index (χ4v) is 2.18. The maximum atomic E-state index is 11.2. The number of hydrogen-bond acceptors (Lipinski definition) is 8. The van der Waals surface area contributed by atoms with E-state index in [9.17, 15) is 10.1 Å². The van der Waals surface area contributed by atoms with Crippen LogP contribution in [0.2, 0.25) is 0 Å². The van der Waals surface area contributed by atoms with Crippen molar-refractivity contribution in [3.8, 4) is 11.5 Å². The minimum atomic E-state index is -0.492. The number of nitrogens with zero attached hydrogens (tertiary/aromatic N) is 3. The van der Waals surface area contributed by atoms with E-state index in [4.69, 9.17) is 14.0 Å². The summed E-state index contributed by atoms with van der Waals surface area (Å²) < 4.78 is 15.4. The summed E-state index contributed by atoms with van der Waals surface area (Å²) in [5, 5.41) is 18.1. The van der Waals surface area contributed by atoms with Gasteiger partial charge in [-0.25, -0.2) is 0 Å². The monoisotopic (exact) mass is 320 g/mol. The van der Waals surface area contributed by atoms with E-state index in [-0.39, 0.29) is 12.2 Å². The number of methoxy groups -OCH3 is 2. The third-order valence-electron chi connectivity index (χ3n) is 3.55. The summed E-state index contributed by atoms with van der Waals surface area (Å²) in [6.45, 7) is 0.191. The Morgan fingerprint density at radius 2 is 2.04 bits per heavy atom. The van der Waals surface area contributed by atoms with Crippen molar-refractivity contribution in [3.05, 3.63) is 34.0 Å². The fraction of sp³-hybridized carbons (Fsp3) is 0.429. The zero-order valence-corrected chi connectivity index (χ0v) is 12.7. The van der Waals surface area contributed by atoms with Gasteiger partial charge in [-0.15, -0.1) is 0 Å². The highest BCUT2D eigenvalue weighted by molar-refractivity contribution is 5.68. The minimum Gasteiger partial charge on any atom is -0.493 e. The maximum Gasteiger partial charge on any atom is 0.296 e. The van der Waals surface area contributed by atoms with Gasteiger partial charge in [0.2, 0.25) is 5.89 Å². The van der Waals surface area contributed by atoms with Crippen molar-refractivity contribution in [3.63, 3.8) is 0 Å². The molecule has 0 unspecified atom stereocenters. The van der Waals surface area contributed by atoms with Crippen molar-refractivity contribution >= 4 is 11.4 Å². The second kappa shape index (κ2) is 6.11. The van der Waals surface area contributed by atoms with Crippen LogP contribution in [0.25, 0.3) is 0 Å². The van der Waals surface area contributed by atoms with Crippen LogP contribution in [-0.2, 0) is 6.54 Å². The lowest BCUT2D eigenvalue weighted by Crippen LogP contribution is -2.04. The standard InChI is InChI=1S/C14H16N4O5/c1-21-11-5-9(10(18(19)20)6-12(11)22-2)15-7-13-16-14(17-23-13)8-3-4-8/h5-6,8,15H,3-4,7H2,1-2H3. The van der Waals surface area contributed by atoms with Crippen LogP contribution >= 0.6 is 0 Å². The van der Waals surface area contributed by atoms with E-state index in [1.165, 1.54) is 26.4 Å². The molecule has 1 fully saturated rings. The van der Waals surface area contributed by atoms with Crippen molar-refractivity contribution in [2.45, 2.75) is 25.3 Å². The first-order valence-electron chi connectivity index (χ1n) is 7.09. The molecule has 0 bridgehead atoms. The number of ether oxygens (including phenoxy) is 2. The van der Waals surface area contributed by atoms with E-state index in [0.29, 0.717) is 34.8 Å². The second-order valence-corrected chi connectivity index (χ2v) is 5.16. The number of nitro groups is 1. The molecule has 0 atom stereocenters. The minimum absolute atomic E-state index is 0.121. The second-order valence-electron chi connectivity index (χ2n) is 5.16. The van der Waals surface area contributed by atoms with Crippen molar-refractivity contribution in [2.75, 3.05) is 19.5 Å². The van der Waals surface area contributed by atoms with E-state index in [1.54, 1.807) is 0 Å². The van der Waals surface area contributed by atoms with Gasteiger partial charge in [0.1, 0.15) is 5.69 Å². The molecule has 1 aromatic heterocycles. The van der Waals surface area contributed by atoms with Crippen LogP contribution in [0.15, 0.2) is 16.7 Å². The van der Waals surface area contributed by atoms with E-state index >= 15 is 0 Å². The van der Waals surface area contributed by atoms with E-state index in [1.807, 2.05) is 0 Å². The molecule has 0 spiro atoms. The summed E-state index contributed by atoms with van der Waals surface area (Å²) in [6, 6.07) is 2.82. The van der Waals surface area contributed by atoms with E-state index in [0.717, 1.165) is 12.8 Å². The Bertz CT molecular complexity index is 726. The highest BCUT2D eigenvalue weighted by Crippen LogP contribution is 2.39. The zero-order chi connectivity index (χ0) is 16.4. The molecule has 0 amide bonds. The number of nitrogens with one attached hydrogen (secondary N) is 1.